The first-order valence-electron chi connectivity index (χ1n) is 4.55. The average Bonchev–Trinajstić information content (AvgIpc) is 2.57. The van der Waals surface area contributed by atoms with Crippen molar-refractivity contribution in [3.8, 4) is 11.4 Å². The number of aryl methyl sites for hydroxylation is 1. The maximum absolute atomic E-state index is 5.82. The maximum atomic E-state index is 5.82. The van der Waals surface area contributed by atoms with Crippen LogP contribution in [0.1, 0.15) is 11.3 Å². The van der Waals surface area contributed by atoms with Gasteiger partial charge in [-0.3, -0.25) is 0 Å². The number of aromatic amines is 1. The number of imidazole rings is 1. The van der Waals surface area contributed by atoms with E-state index in [0.29, 0.717) is 0 Å². The molecule has 3 N–H and O–H groups in total. The molecule has 0 aliphatic rings. The largest absolute Gasteiger partial charge is 0.398 e. The number of rotatable bonds is 1. The summed E-state index contributed by atoms with van der Waals surface area (Å²) in [7, 11) is 0. The second kappa shape index (κ2) is 3.18. The van der Waals surface area contributed by atoms with E-state index in [-0.39, 0.29) is 0 Å². The van der Waals surface area contributed by atoms with Crippen molar-refractivity contribution in [2.45, 2.75) is 13.8 Å². The number of benzene rings is 1. The molecule has 0 radical (unpaired) electrons. The number of hydrogen-bond acceptors (Lipinski definition) is 2. The molecule has 2 aromatic rings. The molecule has 14 heavy (non-hydrogen) atoms. The highest BCUT2D eigenvalue weighted by atomic mass is 14.9. The van der Waals surface area contributed by atoms with Crippen LogP contribution >= 0.6 is 0 Å². The van der Waals surface area contributed by atoms with Crippen molar-refractivity contribution in [1.29, 1.82) is 0 Å². The number of hydrogen-bond donors (Lipinski definition) is 2. The first-order chi connectivity index (χ1) is 6.68. The number of H-pyrrole nitrogens is 1. The molecule has 0 saturated carbocycles. The Bertz CT molecular complexity index is 457. The van der Waals surface area contributed by atoms with Gasteiger partial charge < -0.3 is 10.7 Å². The molecule has 1 heterocycles. The van der Waals surface area contributed by atoms with Gasteiger partial charge in [0.15, 0.2) is 0 Å². The molecule has 0 aliphatic carbocycles. The average molecular weight is 187 g/mol. The van der Waals surface area contributed by atoms with Crippen LogP contribution < -0.4 is 5.73 Å². The predicted molar refractivity (Wildman–Crippen MR) is 57.9 cm³/mol. The van der Waals surface area contributed by atoms with Crippen LogP contribution in [-0.4, -0.2) is 9.97 Å². The van der Waals surface area contributed by atoms with E-state index in [4.69, 9.17) is 5.73 Å². The van der Waals surface area contributed by atoms with Crippen LogP contribution in [0.5, 0.6) is 0 Å². The van der Waals surface area contributed by atoms with E-state index in [2.05, 4.69) is 9.97 Å². The molecule has 0 amide bonds. The molecule has 1 aromatic heterocycles. The van der Waals surface area contributed by atoms with Crippen molar-refractivity contribution in [2.75, 3.05) is 5.73 Å². The van der Waals surface area contributed by atoms with E-state index >= 15 is 0 Å². The lowest BCUT2D eigenvalue weighted by atomic mass is 10.1. The molecule has 0 aliphatic heterocycles. The van der Waals surface area contributed by atoms with Gasteiger partial charge in [0.1, 0.15) is 5.82 Å². The Kier molecular flexibility index (Phi) is 2.00. The second-order valence-corrected chi connectivity index (χ2v) is 3.43. The summed E-state index contributed by atoms with van der Waals surface area (Å²) in [5, 5.41) is 0. The fraction of sp³-hybridized carbons (Fsp3) is 0.182. The highest BCUT2D eigenvalue weighted by Crippen LogP contribution is 2.24. The summed E-state index contributed by atoms with van der Waals surface area (Å²) < 4.78 is 0. The molecule has 72 valence electrons. The van der Waals surface area contributed by atoms with Gasteiger partial charge in [-0.2, -0.15) is 0 Å². The fourth-order valence-corrected chi connectivity index (χ4v) is 1.46. The summed E-state index contributed by atoms with van der Waals surface area (Å²) in [4.78, 5) is 7.47. The molecule has 0 unspecified atom stereocenters. The second-order valence-electron chi connectivity index (χ2n) is 3.43. The van der Waals surface area contributed by atoms with Crippen molar-refractivity contribution in [2.24, 2.45) is 0 Å². The molecule has 0 saturated heterocycles. The minimum Gasteiger partial charge on any atom is -0.398 e. The minimum absolute atomic E-state index is 0.802. The van der Waals surface area contributed by atoms with Gasteiger partial charge in [-0.25, -0.2) is 4.98 Å². The minimum atomic E-state index is 0.802. The fourth-order valence-electron chi connectivity index (χ4n) is 1.46. The summed E-state index contributed by atoms with van der Waals surface area (Å²) in [5.74, 6) is 0.882. The third kappa shape index (κ3) is 1.37. The zero-order valence-corrected chi connectivity index (χ0v) is 8.33. The van der Waals surface area contributed by atoms with E-state index in [1.165, 1.54) is 0 Å². The van der Waals surface area contributed by atoms with Crippen molar-refractivity contribution in [3.05, 3.63) is 35.7 Å². The first-order valence-corrected chi connectivity index (χ1v) is 4.55. The van der Waals surface area contributed by atoms with E-state index in [1.54, 1.807) is 0 Å². The summed E-state index contributed by atoms with van der Waals surface area (Å²) in [6, 6.07) is 5.86. The Morgan fingerprint density at radius 1 is 1.29 bits per heavy atom. The van der Waals surface area contributed by atoms with Gasteiger partial charge in [-0.15, -0.1) is 0 Å². The van der Waals surface area contributed by atoms with Crippen LogP contribution in [0.2, 0.25) is 0 Å². The number of nitrogens with two attached hydrogens (primary N) is 1. The molecule has 2 rings (SSSR count). The van der Waals surface area contributed by atoms with Crippen molar-refractivity contribution in [3.63, 3.8) is 0 Å². The van der Waals surface area contributed by atoms with Crippen LogP contribution in [0.15, 0.2) is 24.4 Å². The van der Waals surface area contributed by atoms with E-state index in [9.17, 15) is 0 Å². The Balaban J connectivity index is 2.57. The molecular formula is C11H13N3. The Morgan fingerprint density at radius 3 is 2.71 bits per heavy atom. The molecule has 0 fully saturated rings. The lowest BCUT2D eigenvalue weighted by Crippen LogP contribution is -1.92. The summed E-state index contributed by atoms with van der Waals surface area (Å²) in [5.41, 5.74) is 9.82. The molecule has 0 atom stereocenters. The Labute approximate surface area is 83.0 Å². The van der Waals surface area contributed by atoms with Crippen LogP contribution in [-0.2, 0) is 0 Å². The molecule has 0 spiro atoms. The number of anilines is 1. The zero-order chi connectivity index (χ0) is 10.1. The van der Waals surface area contributed by atoms with Crippen LogP contribution in [0.3, 0.4) is 0 Å². The summed E-state index contributed by atoms with van der Waals surface area (Å²) in [6.07, 6.45) is 1.82. The van der Waals surface area contributed by atoms with E-state index < -0.39 is 0 Å². The van der Waals surface area contributed by atoms with E-state index in [0.717, 1.165) is 28.3 Å². The van der Waals surface area contributed by atoms with Crippen LogP contribution in [0.25, 0.3) is 11.4 Å². The Hall–Kier alpha value is -1.77. The van der Waals surface area contributed by atoms with Gasteiger partial charge >= 0.3 is 0 Å². The molecule has 0 bridgehead atoms. The summed E-state index contributed by atoms with van der Waals surface area (Å²) in [6.45, 7) is 3.99. The molecule has 3 heteroatoms. The van der Waals surface area contributed by atoms with Crippen molar-refractivity contribution < 1.29 is 0 Å². The topological polar surface area (TPSA) is 54.7 Å². The van der Waals surface area contributed by atoms with Gasteiger partial charge in [0.2, 0.25) is 0 Å². The van der Waals surface area contributed by atoms with Crippen LogP contribution in [0.4, 0.5) is 5.69 Å². The third-order valence-electron chi connectivity index (χ3n) is 2.33. The highest BCUT2D eigenvalue weighted by Gasteiger charge is 2.06. The van der Waals surface area contributed by atoms with Crippen molar-refractivity contribution in [1.82, 2.24) is 9.97 Å². The Morgan fingerprint density at radius 2 is 2.07 bits per heavy atom. The normalized spacial score (nSPS) is 10.4. The summed E-state index contributed by atoms with van der Waals surface area (Å²) >= 11 is 0. The lowest BCUT2D eigenvalue weighted by molar-refractivity contribution is 1.24. The maximum Gasteiger partial charge on any atom is 0.137 e. The molecular weight excluding hydrogens is 174 g/mol. The molecule has 1 aromatic carbocycles. The van der Waals surface area contributed by atoms with Gasteiger partial charge in [0.25, 0.3) is 0 Å². The number of aromatic nitrogens is 2. The SMILES string of the molecule is Cc1cnc(-c2cccc(N)c2C)[nH]1. The predicted octanol–water partition coefficient (Wildman–Crippen LogP) is 2.28. The van der Waals surface area contributed by atoms with Gasteiger partial charge in [0, 0.05) is 23.1 Å². The lowest BCUT2D eigenvalue weighted by Gasteiger charge is -2.04. The standard InChI is InChI=1S/C11H13N3/c1-7-6-13-11(14-7)9-4-3-5-10(12)8(9)2/h3-6H,12H2,1-2H3,(H,13,14). The number of nitrogens with one attached hydrogen (secondary N) is 1. The quantitative estimate of drug-likeness (QED) is 0.673. The van der Waals surface area contributed by atoms with Crippen molar-refractivity contribution >= 4 is 5.69 Å². The smallest absolute Gasteiger partial charge is 0.137 e. The van der Waals surface area contributed by atoms with Crippen LogP contribution in [0, 0.1) is 13.8 Å². The highest BCUT2D eigenvalue weighted by molar-refractivity contribution is 5.67. The number of nitrogen functional groups attached to an aromatic ring is 1. The van der Waals surface area contributed by atoms with Gasteiger partial charge in [-0.1, -0.05) is 12.1 Å². The number of nitrogens with zero attached hydrogens (tertiary/aromatic N) is 1. The molecule has 3 nitrogen and oxygen atoms in total. The zero-order valence-electron chi connectivity index (χ0n) is 8.33. The van der Waals surface area contributed by atoms with Gasteiger partial charge in [0.05, 0.1) is 0 Å². The third-order valence-corrected chi connectivity index (χ3v) is 2.33. The first kappa shape index (κ1) is 8.81. The van der Waals surface area contributed by atoms with Gasteiger partial charge in [-0.05, 0) is 25.5 Å². The van der Waals surface area contributed by atoms with E-state index in [1.807, 2.05) is 38.2 Å². The monoisotopic (exact) mass is 187 g/mol.